The zero-order valence-electron chi connectivity index (χ0n) is 11.5. The number of aromatic nitrogens is 4. The van der Waals surface area contributed by atoms with E-state index in [2.05, 4.69) is 31.0 Å². The monoisotopic (exact) mass is 366 g/mol. The molecule has 2 aromatic heterocycles. The smallest absolute Gasteiger partial charge is 0.170 e. The molecule has 0 aliphatic carbocycles. The van der Waals surface area contributed by atoms with Crippen LogP contribution in [0.3, 0.4) is 0 Å². The van der Waals surface area contributed by atoms with Gasteiger partial charge in [-0.25, -0.2) is 9.97 Å². The molecule has 0 bridgehead atoms. The molecule has 5 nitrogen and oxygen atoms in total. The molecule has 0 atom stereocenters. The fraction of sp³-hybridized carbons (Fsp3) is 0.214. The number of benzene rings is 1. The molecule has 0 unspecified atom stereocenters. The van der Waals surface area contributed by atoms with E-state index in [1.165, 1.54) is 0 Å². The van der Waals surface area contributed by atoms with Crippen molar-refractivity contribution in [3.63, 3.8) is 0 Å². The van der Waals surface area contributed by atoms with Crippen molar-refractivity contribution in [2.24, 2.45) is 7.05 Å². The number of hydrogen-bond acceptors (Lipinski definition) is 4. The van der Waals surface area contributed by atoms with Crippen LogP contribution in [0.1, 0.15) is 11.4 Å². The molecule has 7 heteroatoms. The van der Waals surface area contributed by atoms with Crippen molar-refractivity contribution in [1.82, 2.24) is 19.7 Å². The maximum atomic E-state index is 6.14. The SMILES string of the molecule is Cc1cc(Br)ccc1OCc1nc(Cl)c2cnn(C)c2n1. The molecule has 1 aromatic carbocycles. The first-order valence-electron chi connectivity index (χ1n) is 6.27. The number of hydrogen-bond donors (Lipinski definition) is 0. The molecule has 0 radical (unpaired) electrons. The van der Waals surface area contributed by atoms with Gasteiger partial charge in [0.05, 0.1) is 11.6 Å². The van der Waals surface area contributed by atoms with Crippen LogP contribution in [0.2, 0.25) is 5.15 Å². The van der Waals surface area contributed by atoms with Crippen molar-refractivity contribution >= 4 is 38.6 Å². The van der Waals surface area contributed by atoms with Crippen LogP contribution in [-0.2, 0) is 13.7 Å². The minimum Gasteiger partial charge on any atom is -0.485 e. The minimum atomic E-state index is 0.253. The fourth-order valence-electron chi connectivity index (χ4n) is 2.01. The van der Waals surface area contributed by atoms with Gasteiger partial charge in [-0.3, -0.25) is 4.68 Å². The van der Waals surface area contributed by atoms with Gasteiger partial charge in [0, 0.05) is 11.5 Å². The van der Waals surface area contributed by atoms with E-state index >= 15 is 0 Å². The Balaban J connectivity index is 1.86. The Kier molecular flexibility index (Phi) is 3.82. The zero-order chi connectivity index (χ0) is 15.0. The second-order valence-electron chi connectivity index (χ2n) is 4.63. The summed E-state index contributed by atoms with van der Waals surface area (Å²) in [4.78, 5) is 8.67. The third-order valence-electron chi connectivity index (χ3n) is 3.09. The summed E-state index contributed by atoms with van der Waals surface area (Å²) in [6.07, 6.45) is 1.65. The Morgan fingerprint density at radius 3 is 2.90 bits per heavy atom. The van der Waals surface area contributed by atoms with Crippen LogP contribution in [0.15, 0.2) is 28.9 Å². The zero-order valence-corrected chi connectivity index (χ0v) is 13.8. The highest BCUT2D eigenvalue weighted by Crippen LogP contribution is 2.24. The summed E-state index contributed by atoms with van der Waals surface area (Å²) in [5.41, 5.74) is 1.73. The fourth-order valence-corrected chi connectivity index (χ4v) is 2.72. The molecular weight excluding hydrogens is 356 g/mol. The van der Waals surface area contributed by atoms with E-state index in [1.54, 1.807) is 10.9 Å². The number of fused-ring (bicyclic) bond motifs is 1. The molecular formula is C14H12BrClN4O. The summed E-state index contributed by atoms with van der Waals surface area (Å²) in [5, 5.41) is 5.25. The van der Waals surface area contributed by atoms with Gasteiger partial charge in [0.25, 0.3) is 0 Å². The lowest BCUT2D eigenvalue weighted by molar-refractivity contribution is 0.294. The lowest BCUT2D eigenvalue weighted by atomic mass is 10.2. The lowest BCUT2D eigenvalue weighted by Gasteiger charge is -2.09. The van der Waals surface area contributed by atoms with E-state index in [4.69, 9.17) is 16.3 Å². The molecule has 0 fully saturated rings. The first-order valence-corrected chi connectivity index (χ1v) is 7.45. The highest BCUT2D eigenvalue weighted by molar-refractivity contribution is 9.10. The third kappa shape index (κ3) is 2.87. The van der Waals surface area contributed by atoms with Gasteiger partial charge in [0.15, 0.2) is 11.5 Å². The Morgan fingerprint density at radius 1 is 1.33 bits per heavy atom. The molecule has 21 heavy (non-hydrogen) atoms. The van der Waals surface area contributed by atoms with Crippen molar-refractivity contribution in [2.45, 2.75) is 13.5 Å². The summed E-state index contributed by atoms with van der Waals surface area (Å²) in [6.45, 7) is 2.24. The topological polar surface area (TPSA) is 52.8 Å². The van der Waals surface area contributed by atoms with Gasteiger partial charge in [-0.05, 0) is 30.7 Å². The molecule has 0 saturated carbocycles. The molecule has 108 valence electrons. The highest BCUT2D eigenvalue weighted by atomic mass is 79.9. The predicted molar refractivity (Wildman–Crippen MR) is 84.5 cm³/mol. The van der Waals surface area contributed by atoms with E-state index < -0.39 is 0 Å². The number of aryl methyl sites for hydroxylation is 2. The van der Waals surface area contributed by atoms with E-state index in [-0.39, 0.29) is 6.61 Å². The van der Waals surface area contributed by atoms with E-state index in [0.29, 0.717) is 16.6 Å². The van der Waals surface area contributed by atoms with E-state index in [1.807, 2.05) is 32.2 Å². The van der Waals surface area contributed by atoms with Gasteiger partial charge < -0.3 is 4.74 Å². The van der Waals surface area contributed by atoms with Gasteiger partial charge >= 0.3 is 0 Å². The Labute approximate surface area is 135 Å². The van der Waals surface area contributed by atoms with Gasteiger partial charge in [0.2, 0.25) is 0 Å². The van der Waals surface area contributed by atoms with Crippen molar-refractivity contribution in [2.75, 3.05) is 0 Å². The average Bonchev–Trinajstić information content (AvgIpc) is 2.80. The van der Waals surface area contributed by atoms with Gasteiger partial charge in [-0.2, -0.15) is 5.10 Å². The molecule has 2 heterocycles. The molecule has 0 spiro atoms. The maximum Gasteiger partial charge on any atom is 0.170 e. The Hall–Kier alpha value is -1.66. The summed E-state index contributed by atoms with van der Waals surface area (Å²) in [6, 6.07) is 5.83. The predicted octanol–water partition coefficient (Wildman–Crippen LogP) is 3.67. The quantitative estimate of drug-likeness (QED) is 0.663. The standard InChI is InChI=1S/C14H12BrClN4O/c1-8-5-9(15)3-4-11(8)21-7-12-18-13(16)10-6-17-20(2)14(10)19-12/h3-6H,7H2,1-2H3. The average molecular weight is 368 g/mol. The van der Waals surface area contributed by atoms with Crippen LogP contribution in [-0.4, -0.2) is 19.7 Å². The van der Waals surface area contributed by atoms with Crippen molar-refractivity contribution < 1.29 is 4.74 Å². The summed E-state index contributed by atoms with van der Waals surface area (Å²) in [5.74, 6) is 1.32. The Bertz CT molecular complexity index is 818. The Morgan fingerprint density at radius 2 is 2.14 bits per heavy atom. The van der Waals surface area contributed by atoms with Gasteiger partial charge in [-0.15, -0.1) is 0 Å². The van der Waals surface area contributed by atoms with Crippen LogP contribution in [0, 0.1) is 6.92 Å². The van der Waals surface area contributed by atoms with Crippen LogP contribution in [0.25, 0.3) is 11.0 Å². The van der Waals surface area contributed by atoms with Crippen molar-refractivity contribution in [3.8, 4) is 5.75 Å². The molecule has 0 N–H and O–H groups in total. The molecule has 3 aromatic rings. The number of rotatable bonds is 3. The van der Waals surface area contributed by atoms with Crippen LogP contribution < -0.4 is 4.74 Å². The number of halogens is 2. The molecule has 0 saturated heterocycles. The highest BCUT2D eigenvalue weighted by Gasteiger charge is 2.10. The number of ether oxygens (including phenoxy) is 1. The lowest BCUT2D eigenvalue weighted by Crippen LogP contribution is -2.04. The minimum absolute atomic E-state index is 0.253. The van der Waals surface area contributed by atoms with Crippen molar-refractivity contribution in [1.29, 1.82) is 0 Å². The summed E-state index contributed by atoms with van der Waals surface area (Å²) < 4.78 is 8.44. The van der Waals surface area contributed by atoms with Crippen LogP contribution in [0.5, 0.6) is 5.75 Å². The van der Waals surface area contributed by atoms with E-state index in [0.717, 1.165) is 21.2 Å². The van der Waals surface area contributed by atoms with Crippen LogP contribution >= 0.6 is 27.5 Å². The molecule has 0 aliphatic rings. The van der Waals surface area contributed by atoms with Crippen molar-refractivity contribution in [3.05, 3.63) is 45.4 Å². The number of nitrogens with zero attached hydrogens (tertiary/aromatic N) is 4. The normalized spacial score (nSPS) is 11.0. The molecule has 0 amide bonds. The first kappa shape index (κ1) is 14.3. The third-order valence-corrected chi connectivity index (χ3v) is 3.87. The second kappa shape index (κ2) is 5.61. The molecule has 0 aliphatic heterocycles. The summed E-state index contributed by atoms with van der Waals surface area (Å²) >= 11 is 9.57. The maximum absolute atomic E-state index is 6.14. The van der Waals surface area contributed by atoms with Gasteiger partial charge in [0.1, 0.15) is 17.5 Å². The van der Waals surface area contributed by atoms with Gasteiger partial charge in [-0.1, -0.05) is 27.5 Å². The summed E-state index contributed by atoms with van der Waals surface area (Å²) in [7, 11) is 1.81. The molecule has 3 rings (SSSR count). The largest absolute Gasteiger partial charge is 0.485 e. The van der Waals surface area contributed by atoms with E-state index in [9.17, 15) is 0 Å². The second-order valence-corrected chi connectivity index (χ2v) is 5.91. The first-order chi connectivity index (χ1) is 10.0. The van der Waals surface area contributed by atoms with Crippen LogP contribution in [0.4, 0.5) is 0 Å².